The van der Waals surface area contributed by atoms with Crippen molar-refractivity contribution in [3.05, 3.63) is 34.9 Å². The van der Waals surface area contributed by atoms with Gasteiger partial charge in [-0.25, -0.2) is 0 Å². The van der Waals surface area contributed by atoms with Crippen LogP contribution in [0.4, 0.5) is 0 Å². The number of aldehydes is 1. The van der Waals surface area contributed by atoms with E-state index in [1.807, 2.05) is 31.2 Å². The van der Waals surface area contributed by atoms with Crippen molar-refractivity contribution < 1.29 is 4.79 Å². The summed E-state index contributed by atoms with van der Waals surface area (Å²) in [6.45, 7) is 2.78. The molecule has 0 saturated carbocycles. The maximum atomic E-state index is 10.7. The van der Waals surface area contributed by atoms with Crippen molar-refractivity contribution in [2.75, 3.05) is 6.54 Å². The van der Waals surface area contributed by atoms with Crippen molar-refractivity contribution >= 4 is 17.9 Å². The van der Waals surface area contributed by atoms with E-state index in [1.165, 1.54) is 0 Å². The Morgan fingerprint density at radius 2 is 2.36 bits per heavy atom. The molecule has 1 aromatic rings. The van der Waals surface area contributed by atoms with Gasteiger partial charge in [-0.05, 0) is 30.7 Å². The molecule has 0 saturated heterocycles. The van der Waals surface area contributed by atoms with Crippen LogP contribution in [0.1, 0.15) is 12.5 Å². The third kappa shape index (κ3) is 3.48. The van der Waals surface area contributed by atoms with Crippen molar-refractivity contribution in [2.45, 2.75) is 19.4 Å². The van der Waals surface area contributed by atoms with Crippen molar-refractivity contribution in [3.63, 3.8) is 0 Å². The molecule has 0 fully saturated rings. The molecular weight excluding hydrogens is 198 g/mol. The van der Waals surface area contributed by atoms with Gasteiger partial charge < -0.3 is 10.1 Å². The minimum Gasteiger partial charge on any atom is -0.308 e. The van der Waals surface area contributed by atoms with E-state index < -0.39 is 0 Å². The summed E-state index contributed by atoms with van der Waals surface area (Å²) in [6, 6.07) is 7.47. The molecule has 76 valence electrons. The van der Waals surface area contributed by atoms with Crippen LogP contribution in [0.25, 0.3) is 0 Å². The van der Waals surface area contributed by atoms with E-state index in [0.29, 0.717) is 11.4 Å². The van der Waals surface area contributed by atoms with Crippen LogP contribution in [-0.2, 0) is 11.2 Å². The van der Waals surface area contributed by atoms with E-state index in [1.54, 1.807) is 0 Å². The Kier molecular flexibility index (Phi) is 4.63. The van der Waals surface area contributed by atoms with Crippen LogP contribution < -0.4 is 5.32 Å². The first-order valence-corrected chi connectivity index (χ1v) is 5.07. The first-order valence-electron chi connectivity index (χ1n) is 4.69. The highest BCUT2D eigenvalue weighted by molar-refractivity contribution is 6.30. The number of carbonyl (C=O) groups excluding carboxylic acids is 1. The molecule has 0 spiro atoms. The lowest BCUT2D eigenvalue weighted by Crippen LogP contribution is -2.32. The quantitative estimate of drug-likeness (QED) is 0.756. The summed E-state index contributed by atoms with van der Waals surface area (Å²) in [4.78, 5) is 10.7. The smallest absolute Gasteiger partial charge is 0.137 e. The maximum Gasteiger partial charge on any atom is 0.137 e. The molecule has 0 amide bonds. The predicted molar refractivity (Wildman–Crippen MR) is 58.7 cm³/mol. The van der Waals surface area contributed by atoms with Crippen LogP contribution in [0.15, 0.2) is 24.3 Å². The van der Waals surface area contributed by atoms with Gasteiger partial charge in [0.05, 0.1) is 6.04 Å². The van der Waals surface area contributed by atoms with E-state index in [4.69, 9.17) is 11.6 Å². The normalized spacial score (nSPS) is 12.4. The number of halogens is 1. The summed E-state index contributed by atoms with van der Waals surface area (Å²) in [6.07, 6.45) is 1.63. The fourth-order valence-corrected chi connectivity index (χ4v) is 1.56. The molecule has 3 heteroatoms. The molecule has 0 aliphatic rings. The van der Waals surface area contributed by atoms with Gasteiger partial charge in [0.15, 0.2) is 0 Å². The van der Waals surface area contributed by atoms with Crippen LogP contribution >= 0.6 is 11.6 Å². The van der Waals surface area contributed by atoms with Crippen LogP contribution in [0.5, 0.6) is 0 Å². The predicted octanol–water partition coefficient (Wildman–Crippen LogP) is 2.06. The van der Waals surface area contributed by atoms with E-state index >= 15 is 0 Å². The zero-order valence-electron chi connectivity index (χ0n) is 8.16. The molecule has 0 bridgehead atoms. The zero-order valence-corrected chi connectivity index (χ0v) is 8.92. The van der Waals surface area contributed by atoms with Crippen molar-refractivity contribution in [2.24, 2.45) is 0 Å². The van der Waals surface area contributed by atoms with Gasteiger partial charge in [-0.3, -0.25) is 0 Å². The van der Waals surface area contributed by atoms with Crippen LogP contribution in [-0.4, -0.2) is 18.9 Å². The fraction of sp³-hybridized carbons (Fsp3) is 0.364. The number of hydrogen-bond acceptors (Lipinski definition) is 2. The van der Waals surface area contributed by atoms with Gasteiger partial charge in [-0.1, -0.05) is 30.7 Å². The summed E-state index contributed by atoms with van der Waals surface area (Å²) < 4.78 is 0. The Balaban J connectivity index is 2.62. The van der Waals surface area contributed by atoms with Crippen LogP contribution in [0.2, 0.25) is 5.02 Å². The Morgan fingerprint density at radius 1 is 1.57 bits per heavy atom. The van der Waals surface area contributed by atoms with E-state index in [9.17, 15) is 4.79 Å². The highest BCUT2D eigenvalue weighted by Gasteiger charge is 2.06. The summed E-state index contributed by atoms with van der Waals surface area (Å²) in [7, 11) is 0. The molecule has 1 unspecified atom stereocenters. The molecule has 0 aliphatic carbocycles. The van der Waals surface area contributed by atoms with Crippen molar-refractivity contribution in [1.29, 1.82) is 0 Å². The molecule has 2 nitrogen and oxygen atoms in total. The Morgan fingerprint density at radius 3 is 2.93 bits per heavy atom. The number of carbonyl (C=O) groups is 1. The topological polar surface area (TPSA) is 29.1 Å². The standard InChI is InChI=1S/C11H14ClNO/c1-2-13-11(8-14)7-9-4-3-5-10(12)6-9/h3-6,8,11,13H,2,7H2,1H3. The minimum absolute atomic E-state index is 0.113. The van der Waals surface area contributed by atoms with Gasteiger partial charge in [0.1, 0.15) is 6.29 Å². The van der Waals surface area contributed by atoms with E-state index in [2.05, 4.69) is 5.32 Å². The zero-order chi connectivity index (χ0) is 10.4. The second kappa shape index (κ2) is 5.78. The minimum atomic E-state index is -0.113. The SMILES string of the molecule is CCNC(C=O)Cc1cccc(Cl)c1. The Bertz CT molecular complexity index is 301. The number of benzene rings is 1. The summed E-state index contributed by atoms with van der Waals surface area (Å²) in [5.41, 5.74) is 1.08. The monoisotopic (exact) mass is 211 g/mol. The third-order valence-electron chi connectivity index (χ3n) is 1.98. The lowest BCUT2D eigenvalue weighted by atomic mass is 10.1. The highest BCUT2D eigenvalue weighted by Crippen LogP contribution is 2.11. The van der Waals surface area contributed by atoms with E-state index in [-0.39, 0.29) is 6.04 Å². The average molecular weight is 212 g/mol. The summed E-state index contributed by atoms with van der Waals surface area (Å²) in [5, 5.41) is 3.80. The molecule has 0 radical (unpaired) electrons. The number of hydrogen-bond donors (Lipinski definition) is 1. The lowest BCUT2D eigenvalue weighted by Gasteiger charge is -2.10. The van der Waals surface area contributed by atoms with Crippen molar-refractivity contribution in [1.82, 2.24) is 5.32 Å². The van der Waals surface area contributed by atoms with Gasteiger partial charge in [-0.15, -0.1) is 0 Å². The third-order valence-corrected chi connectivity index (χ3v) is 2.21. The molecular formula is C11H14ClNO. The Hall–Kier alpha value is -0.860. The van der Waals surface area contributed by atoms with Gasteiger partial charge in [0.2, 0.25) is 0 Å². The molecule has 1 rings (SSSR count). The first-order chi connectivity index (χ1) is 6.76. The summed E-state index contributed by atoms with van der Waals surface area (Å²) in [5.74, 6) is 0. The molecule has 0 aromatic heterocycles. The van der Waals surface area contributed by atoms with Gasteiger partial charge in [-0.2, -0.15) is 0 Å². The van der Waals surface area contributed by atoms with Crippen LogP contribution in [0.3, 0.4) is 0 Å². The highest BCUT2D eigenvalue weighted by atomic mass is 35.5. The number of likely N-dealkylation sites (N-methyl/N-ethyl adjacent to an activating group) is 1. The fourth-order valence-electron chi connectivity index (χ4n) is 1.35. The second-order valence-electron chi connectivity index (χ2n) is 3.13. The largest absolute Gasteiger partial charge is 0.308 e. The second-order valence-corrected chi connectivity index (χ2v) is 3.57. The molecule has 14 heavy (non-hydrogen) atoms. The molecule has 0 heterocycles. The van der Waals surface area contributed by atoms with Gasteiger partial charge in [0, 0.05) is 5.02 Å². The number of nitrogens with one attached hydrogen (secondary N) is 1. The first kappa shape index (κ1) is 11.2. The molecule has 1 aromatic carbocycles. The van der Waals surface area contributed by atoms with Gasteiger partial charge >= 0.3 is 0 Å². The van der Waals surface area contributed by atoms with Crippen molar-refractivity contribution in [3.8, 4) is 0 Å². The summed E-state index contributed by atoms with van der Waals surface area (Å²) >= 11 is 5.84. The Labute approximate surface area is 89.3 Å². The van der Waals surface area contributed by atoms with E-state index in [0.717, 1.165) is 18.4 Å². The van der Waals surface area contributed by atoms with Gasteiger partial charge in [0.25, 0.3) is 0 Å². The molecule has 0 aliphatic heterocycles. The lowest BCUT2D eigenvalue weighted by molar-refractivity contribution is -0.109. The number of rotatable bonds is 5. The molecule has 1 atom stereocenters. The van der Waals surface area contributed by atoms with Crippen LogP contribution in [0, 0.1) is 0 Å². The average Bonchev–Trinajstić information content (AvgIpc) is 2.17. The maximum absolute atomic E-state index is 10.7. The molecule has 1 N–H and O–H groups in total.